The quantitative estimate of drug-likeness (QED) is 0.0214. The fourth-order valence-corrected chi connectivity index (χ4v) is 19.9. The van der Waals surface area contributed by atoms with Crippen LogP contribution < -0.4 is 107 Å². The second-order valence-electron chi connectivity index (χ2n) is 36.4. The van der Waals surface area contributed by atoms with Crippen LogP contribution in [0, 0.1) is 11.8 Å². The Hall–Kier alpha value is -13.9. The van der Waals surface area contributed by atoms with Gasteiger partial charge in [-0.15, -0.1) is 0 Å². The average molecular weight is 2080 g/mol. The number of aromatic amines is 2. The van der Waals surface area contributed by atoms with Gasteiger partial charge in [0.05, 0.1) is 25.1 Å². The number of hydrogen-bond donors (Lipinski definition) is 27. The predicted octanol–water partition coefficient (Wildman–Crippen LogP) is -6.67. The van der Waals surface area contributed by atoms with E-state index in [1.165, 1.54) is 38.1 Å². The van der Waals surface area contributed by atoms with E-state index in [4.69, 9.17) is 11.5 Å². The molecular weight excluding hydrogens is 1960 g/mol. The van der Waals surface area contributed by atoms with Crippen LogP contribution in [0.5, 0.6) is 0 Å². The Morgan fingerprint density at radius 3 is 1.65 bits per heavy atom. The number of thioether (sulfide) groups is 2. The van der Waals surface area contributed by atoms with E-state index < -0.39 is 341 Å². The summed E-state index contributed by atoms with van der Waals surface area (Å²) >= 11 is 9.59. The van der Waals surface area contributed by atoms with Crippen LogP contribution in [0.3, 0.4) is 0 Å². The van der Waals surface area contributed by atoms with Crippen LogP contribution in [-0.2, 0) is 125 Å². The Balaban J connectivity index is 1.10. The van der Waals surface area contributed by atoms with Crippen LogP contribution in [0.15, 0.2) is 103 Å². The number of aromatic nitrogens is 2. The Morgan fingerprint density at radius 1 is 0.549 bits per heavy atom. The molecule has 5 aliphatic heterocycles. The number of primary amides is 1. The minimum atomic E-state index is -2.92. The highest BCUT2D eigenvalue weighted by atomic mass is 32.2. The number of H-pyrrole nitrogens is 2. The number of nitrogens with two attached hydrogens (primary N) is 2. The van der Waals surface area contributed by atoms with E-state index in [1.807, 2.05) is 0 Å². The van der Waals surface area contributed by atoms with Gasteiger partial charge < -0.3 is 137 Å². The van der Waals surface area contributed by atoms with E-state index in [2.05, 4.69) is 131 Å². The molecule has 48 nitrogen and oxygen atoms in total. The second-order valence-corrected chi connectivity index (χ2v) is 39.2. The summed E-state index contributed by atoms with van der Waals surface area (Å²) in [5.74, 6) is -33.8. The van der Waals surface area contributed by atoms with Crippen molar-refractivity contribution in [1.29, 1.82) is 0 Å². The van der Waals surface area contributed by atoms with Crippen molar-refractivity contribution < 1.29 is 121 Å². The van der Waals surface area contributed by atoms with E-state index in [0.717, 1.165) is 19.9 Å². The van der Waals surface area contributed by atoms with E-state index in [9.17, 15) is 68.1 Å². The first-order chi connectivity index (χ1) is 68.3. The SMILES string of the molecule is C/C=C1\NC(=O)[C@H](Cc2ccccc2)NC(=O)[C@@H]2CCCN2C(=O)[C@H](C(C)C)NC(=O)[C@H](Cc2c[nH]c3ccccc23)NC(=O)C2(CSCC(C(=O)N[C@@H](CS)C(=O)O)NC1=O)CC(NC(=O)[C@@H](CS)NC(=O)C1CSCC3(CC(N)C(=O)N[C@@H](CC(N)=O)C(=O)N[C@@H](C)C(=O)N3)C(=O)N[C@@H](C(C)C)C(=O)N[C@@H](Cc3c[nH]c4ccccc34)C(=O)N[C@@H](CCC(=O)O)C(=O)N1)C(=O)N[C@@H]([C@@H](C)O)C(=O)NCC(=O)N2. The highest BCUT2D eigenvalue weighted by Crippen LogP contribution is 2.30. The maximum absolute atomic E-state index is 16.8. The number of carboxylic acids is 2. The smallest absolute Gasteiger partial charge is 0.327 e. The van der Waals surface area contributed by atoms with Crippen molar-refractivity contribution in [2.24, 2.45) is 23.3 Å². The van der Waals surface area contributed by atoms with E-state index in [-0.39, 0.29) is 32.2 Å². The third kappa shape index (κ3) is 29.2. The van der Waals surface area contributed by atoms with Gasteiger partial charge in [-0.25, -0.2) is 4.79 Å². The number of benzene rings is 3. The van der Waals surface area contributed by atoms with Crippen LogP contribution in [0.1, 0.15) is 110 Å². The van der Waals surface area contributed by atoms with Crippen molar-refractivity contribution in [3.63, 3.8) is 0 Å². The fourth-order valence-electron chi connectivity index (χ4n) is 16.9. The van der Waals surface area contributed by atoms with Crippen molar-refractivity contribution in [1.82, 2.24) is 111 Å². The first-order valence-electron chi connectivity index (χ1n) is 46.4. The predicted molar refractivity (Wildman–Crippen MR) is 527 cm³/mol. The standard InChI is InChI=1S/C92H121N23O25S4/c1-8-52-74(123)107-64(83(132)106-62(37-142)88(137)138)39-144-41-92(89(139)109-58(29-48-34-96-54-22-15-13-20-50(48)54)79(128)110-70(43(4)5)87(136)115-26-16-23-65(115)84(133)102-56(77(126)99-52)27-46-17-10-9-11-18-46)32-60(80(129)111-71(45(7)116)85(134)97-35-67(118)113-92)104-81(130)61(36-141)105-82(131)63-38-143-40-91(31-51(93)73(122)101-59(30-66(94)117)76(125)98-44(6)72(121)114-91)90(140)112-69(42(2)3)86(135)103-57(28-47-33-95-53-21-14-12-19-49(47)53)78(127)100-55(75(124)108-63)24-25-68(119)120/h8-15,17-22,33-34,42-45,51,55-65,69-71,95-96,116,141-142H,16,23-32,35-41,93H2,1-7H3,(H2,94,117)(H,97,134)(H,98,125)(H,99,126)(H,100,127)(H,101,122)(H,102,133)(H,103,135)(H,104,130)(H,105,131)(H,106,132)(H,107,123)(H,108,124)(H,109,139)(H,110,128)(H,111,129)(H,112,140)(H,113,118)(H,114,121)(H,119,120)(H,137,138)/b52-8-/t44-,45+,51?,55-,56-,57-,58-,59-,60?,61+,62-,63?,64?,65-,69-,70-,71-,91?,92?/m0/s1. The number of aliphatic carboxylic acids is 2. The molecule has 0 bridgehead atoms. The lowest BCUT2D eigenvalue weighted by atomic mass is 9.89. The number of carbonyl (C=O) groups excluding carboxylic acids is 20. The molecule has 19 atom stereocenters. The number of aliphatic hydroxyl groups is 1. The van der Waals surface area contributed by atoms with Gasteiger partial charge in [0.1, 0.15) is 107 Å². The number of aliphatic hydroxyl groups excluding tert-OH is 1. The summed E-state index contributed by atoms with van der Waals surface area (Å²) in [6.07, 6.45) is -3.27. The van der Waals surface area contributed by atoms with Gasteiger partial charge in [-0.3, -0.25) is 101 Å². The monoisotopic (exact) mass is 2080 g/mol. The number of fused-ring (bicyclic) bond motifs is 3. The molecule has 5 aromatic rings. The van der Waals surface area contributed by atoms with Crippen LogP contribution >= 0.6 is 48.8 Å². The van der Waals surface area contributed by atoms with Gasteiger partial charge in [0.25, 0.3) is 5.91 Å². The van der Waals surface area contributed by atoms with Gasteiger partial charge in [-0.05, 0) is 80.7 Å². The topological polar surface area (TPSA) is 740 Å². The molecule has 52 heteroatoms. The van der Waals surface area contributed by atoms with Crippen molar-refractivity contribution in [2.75, 3.05) is 47.6 Å². The van der Waals surface area contributed by atoms with E-state index in [1.54, 1.807) is 92.7 Å². The molecule has 144 heavy (non-hydrogen) atoms. The number of rotatable bonds is 23. The normalized spacial score (nSPS) is 27.2. The molecule has 5 aliphatic rings. The Bertz CT molecular complexity index is 5750. The molecule has 2 spiro atoms. The van der Waals surface area contributed by atoms with Gasteiger partial charge in [0.15, 0.2) is 0 Å². The molecule has 2 aromatic heterocycles. The molecule has 6 unspecified atom stereocenters. The first-order valence-corrected chi connectivity index (χ1v) is 50.0. The molecule has 0 saturated carbocycles. The van der Waals surface area contributed by atoms with Crippen molar-refractivity contribution in [2.45, 2.75) is 227 Å². The summed E-state index contributed by atoms with van der Waals surface area (Å²) in [5, 5.41) is 77.8. The summed E-state index contributed by atoms with van der Waals surface area (Å²) in [5.41, 5.74) is 8.34. The van der Waals surface area contributed by atoms with Gasteiger partial charge >= 0.3 is 11.9 Å². The third-order valence-corrected chi connectivity index (χ3v) is 28.1. The molecule has 20 amide bonds. The average Bonchev–Trinajstić information content (AvgIpc) is 1.38. The maximum Gasteiger partial charge on any atom is 0.327 e. The number of carboxylic acid groups (broad SMARTS) is 2. The number of allylic oxidation sites excluding steroid dienone is 1. The van der Waals surface area contributed by atoms with Gasteiger partial charge in [-0.2, -0.15) is 48.8 Å². The summed E-state index contributed by atoms with van der Waals surface area (Å²) in [7, 11) is 0. The number of nitrogens with one attached hydrogen (secondary N) is 20. The molecule has 5 saturated heterocycles. The minimum Gasteiger partial charge on any atom is -0.481 e. The van der Waals surface area contributed by atoms with Crippen molar-refractivity contribution in [3.05, 3.63) is 120 Å². The number of hydrogen-bond acceptors (Lipinski definition) is 28. The van der Waals surface area contributed by atoms with Gasteiger partial charge in [0, 0.05) is 114 Å². The van der Waals surface area contributed by atoms with Crippen LogP contribution in [0.2, 0.25) is 0 Å². The summed E-state index contributed by atoms with van der Waals surface area (Å²) in [4.78, 5) is 334. The summed E-state index contributed by atoms with van der Waals surface area (Å²) < 4.78 is 0. The maximum atomic E-state index is 16.8. The molecule has 5 fully saturated rings. The second kappa shape index (κ2) is 50.9. The molecule has 10 rings (SSSR count). The molecule has 778 valence electrons. The Morgan fingerprint density at radius 2 is 1.07 bits per heavy atom. The lowest BCUT2D eigenvalue weighted by Crippen LogP contribution is -2.68. The minimum absolute atomic E-state index is 0.0307. The molecule has 3 aromatic carbocycles. The Labute approximate surface area is 844 Å². The van der Waals surface area contributed by atoms with Crippen molar-refractivity contribution >= 4 is 201 Å². The molecule has 7 heterocycles. The zero-order chi connectivity index (χ0) is 105. The fraction of sp³-hybridized carbons (Fsp3) is 0.500. The lowest BCUT2D eigenvalue weighted by molar-refractivity contribution is -0.143. The first kappa shape index (κ1) is 112. The zero-order valence-corrected chi connectivity index (χ0v) is 83.0. The van der Waals surface area contributed by atoms with Gasteiger partial charge in [-0.1, -0.05) is 101 Å². The summed E-state index contributed by atoms with van der Waals surface area (Å²) in [6, 6.07) is -7.76. The van der Waals surface area contributed by atoms with Crippen LogP contribution in [0.25, 0.3) is 21.8 Å². The molecular formula is C92H121N23O25S4. The van der Waals surface area contributed by atoms with E-state index >= 15 is 52.7 Å². The largest absolute Gasteiger partial charge is 0.481 e. The number of amides is 20. The number of thiol groups is 2. The Kier molecular flexibility index (Phi) is 39.6. The highest BCUT2D eigenvalue weighted by molar-refractivity contribution is 7.99. The number of para-hydroxylation sites is 2. The van der Waals surface area contributed by atoms with E-state index in [0.29, 0.717) is 62.0 Å². The molecule has 0 radical (unpaired) electrons. The van der Waals surface area contributed by atoms with Crippen LogP contribution in [0.4, 0.5) is 0 Å². The number of carbonyl (C=O) groups is 22. The van der Waals surface area contributed by atoms with Crippen molar-refractivity contribution in [3.8, 4) is 0 Å². The highest BCUT2D eigenvalue weighted by Gasteiger charge is 2.52. The van der Waals surface area contributed by atoms with Crippen LogP contribution in [-0.4, -0.2) is 322 Å². The number of nitrogens with zero attached hydrogens (tertiary/aromatic N) is 1. The lowest BCUT2D eigenvalue weighted by Gasteiger charge is -2.38. The molecule has 27 N–H and O–H groups in total. The zero-order valence-electron chi connectivity index (χ0n) is 79.6. The molecule has 0 aliphatic carbocycles. The third-order valence-electron chi connectivity index (χ3n) is 24.9. The summed E-state index contributed by atoms with van der Waals surface area (Å²) in [6.45, 7) is 8.46. The van der Waals surface area contributed by atoms with Gasteiger partial charge in [0.2, 0.25) is 112 Å².